The van der Waals surface area contributed by atoms with Crippen LogP contribution in [0.5, 0.6) is 0 Å². The first kappa shape index (κ1) is 16.9. The first-order valence-corrected chi connectivity index (χ1v) is 7.35. The molecule has 3 unspecified atom stereocenters. The Bertz CT molecular complexity index is 323. The average Bonchev–Trinajstić information content (AvgIpc) is 2.42. The SMILES string of the molecule is COCCNC(=O)CCNC(=O)C1CCCC(N)C1C. The van der Waals surface area contributed by atoms with Crippen LogP contribution in [0.3, 0.4) is 0 Å². The molecule has 0 aromatic carbocycles. The third kappa shape index (κ3) is 5.46. The quantitative estimate of drug-likeness (QED) is 0.575. The van der Waals surface area contributed by atoms with E-state index in [-0.39, 0.29) is 29.7 Å². The van der Waals surface area contributed by atoms with E-state index in [1.54, 1.807) is 7.11 Å². The molecule has 0 aromatic rings. The largest absolute Gasteiger partial charge is 0.383 e. The van der Waals surface area contributed by atoms with E-state index in [1.807, 2.05) is 6.92 Å². The molecule has 0 saturated heterocycles. The van der Waals surface area contributed by atoms with E-state index in [0.29, 0.717) is 26.1 Å². The molecule has 0 heterocycles. The molecule has 0 aromatic heterocycles. The van der Waals surface area contributed by atoms with Crippen molar-refractivity contribution in [2.75, 3.05) is 26.8 Å². The van der Waals surface area contributed by atoms with Gasteiger partial charge in [0.2, 0.25) is 11.8 Å². The first-order valence-electron chi connectivity index (χ1n) is 7.35. The number of rotatable bonds is 7. The van der Waals surface area contributed by atoms with Crippen molar-refractivity contribution in [3.63, 3.8) is 0 Å². The van der Waals surface area contributed by atoms with E-state index >= 15 is 0 Å². The highest BCUT2D eigenvalue weighted by Crippen LogP contribution is 2.28. The van der Waals surface area contributed by atoms with Crippen LogP contribution in [0.2, 0.25) is 0 Å². The number of nitrogens with one attached hydrogen (secondary N) is 2. The lowest BCUT2D eigenvalue weighted by atomic mass is 9.77. The summed E-state index contributed by atoms with van der Waals surface area (Å²) in [5, 5.41) is 5.56. The lowest BCUT2D eigenvalue weighted by Crippen LogP contribution is -2.44. The van der Waals surface area contributed by atoms with Crippen molar-refractivity contribution in [2.24, 2.45) is 17.6 Å². The number of carbonyl (C=O) groups is 2. The molecule has 20 heavy (non-hydrogen) atoms. The van der Waals surface area contributed by atoms with Crippen LogP contribution in [-0.2, 0) is 14.3 Å². The fourth-order valence-electron chi connectivity index (χ4n) is 2.58. The normalized spacial score (nSPS) is 26.1. The molecular weight excluding hydrogens is 258 g/mol. The topological polar surface area (TPSA) is 93.5 Å². The Labute approximate surface area is 120 Å². The summed E-state index contributed by atoms with van der Waals surface area (Å²) in [6, 6.07) is 0.108. The molecule has 1 rings (SSSR count). The first-order chi connectivity index (χ1) is 9.56. The van der Waals surface area contributed by atoms with Gasteiger partial charge in [0.25, 0.3) is 0 Å². The standard InChI is InChI=1S/C14H27N3O3/c1-10-11(4-3-5-12(10)15)14(19)17-7-6-13(18)16-8-9-20-2/h10-12H,3-9,15H2,1-2H3,(H,16,18)(H,17,19). The number of carbonyl (C=O) groups excluding carboxylic acids is 2. The van der Waals surface area contributed by atoms with Gasteiger partial charge in [-0.3, -0.25) is 9.59 Å². The van der Waals surface area contributed by atoms with Gasteiger partial charge >= 0.3 is 0 Å². The molecule has 1 fully saturated rings. The second kappa shape index (κ2) is 8.92. The fourth-order valence-corrected chi connectivity index (χ4v) is 2.58. The van der Waals surface area contributed by atoms with Crippen LogP contribution in [0, 0.1) is 11.8 Å². The molecule has 1 saturated carbocycles. The molecule has 1 aliphatic rings. The van der Waals surface area contributed by atoms with Gasteiger partial charge < -0.3 is 21.1 Å². The molecule has 6 nitrogen and oxygen atoms in total. The van der Waals surface area contributed by atoms with Crippen LogP contribution in [0.4, 0.5) is 0 Å². The second-order valence-corrected chi connectivity index (χ2v) is 5.44. The maximum atomic E-state index is 12.1. The van der Waals surface area contributed by atoms with E-state index in [4.69, 9.17) is 10.5 Å². The Kier molecular flexibility index (Phi) is 7.54. The molecule has 0 radical (unpaired) electrons. The molecule has 116 valence electrons. The van der Waals surface area contributed by atoms with Gasteiger partial charge in [-0.25, -0.2) is 0 Å². The van der Waals surface area contributed by atoms with Gasteiger partial charge in [-0.15, -0.1) is 0 Å². The maximum Gasteiger partial charge on any atom is 0.223 e. The second-order valence-electron chi connectivity index (χ2n) is 5.44. The summed E-state index contributed by atoms with van der Waals surface area (Å²) in [5.74, 6) is 0.141. The summed E-state index contributed by atoms with van der Waals surface area (Å²) in [4.78, 5) is 23.5. The van der Waals surface area contributed by atoms with Gasteiger partial charge in [-0.2, -0.15) is 0 Å². The highest BCUT2D eigenvalue weighted by atomic mass is 16.5. The van der Waals surface area contributed by atoms with Crippen molar-refractivity contribution in [3.8, 4) is 0 Å². The van der Waals surface area contributed by atoms with Gasteiger partial charge in [0, 0.05) is 38.6 Å². The molecule has 2 amide bonds. The van der Waals surface area contributed by atoms with Crippen LogP contribution in [0.25, 0.3) is 0 Å². The molecule has 6 heteroatoms. The number of hydrogen-bond donors (Lipinski definition) is 3. The summed E-state index contributed by atoms with van der Waals surface area (Å²) in [5.41, 5.74) is 6.00. The maximum absolute atomic E-state index is 12.1. The average molecular weight is 285 g/mol. The van der Waals surface area contributed by atoms with Crippen molar-refractivity contribution >= 4 is 11.8 Å². The summed E-state index contributed by atoms with van der Waals surface area (Å²) in [6.45, 7) is 3.40. The number of nitrogens with two attached hydrogens (primary N) is 1. The predicted octanol–water partition coefficient (Wildman–Crippen LogP) is 0.0188. The molecule has 3 atom stereocenters. The Hall–Kier alpha value is -1.14. The summed E-state index contributed by atoms with van der Waals surface area (Å²) >= 11 is 0. The monoisotopic (exact) mass is 285 g/mol. The van der Waals surface area contributed by atoms with Crippen molar-refractivity contribution in [1.82, 2.24) is 10.6 Å². The number of hydrogen-bond acceptors (Lipinski definition) is 4. The Morgan fingerprint density at radius 1 is 1.25 bits per heavy atom. The van der Waals surface area contributed by atoms with Crippen molar-refractivity contribution in [3.05, 3.63) is 0 Å². The van der Waals surface area contributed by atoms with E-state index in [9.17, 15) is 9.59 Å². The molecule has 4 N–H and O–H groups in total. The molecule has 1 aliphatic carbocycles. The van der Waals surface area contributed by atoms with Crippen molar-refractivity contribution in [2.45, 2.75) is 38.6 Å². The highest BCUT2D eigenvalue weighted by molar-refractivity contribution is 5.80. The number of methoxy groups -OCH3 is 1. The zero-order chi connectivity index (χ0) is 15.0. The fraction of sp³-hybridized carbons (Fsp3) is 0.857. The third-order valence-electron chi connectivity index (χ3n) is 3.98. The van der Waals surface area contributed by atoms with E-state index in [2.05, 4.69) is 10.6 Å². The summed E-state index contributed by atoms with van der Waals surface area (Å²) < 4.78 is 4.84. The summed E-state index contributed by atoms with van der Waals surface area (Å²) in [6.07, 6.45) is 3.18. The van der Waals surface area contributed by atoms with Crippen molar-refractivity contribution < 1.29 is 14.3 Å². The zero-order valence-electron chi connectivity index (χ0n) is 12.5. The minimum atomic E-state index is -0.0734. The molecule has 0 aliphatic heterocycles. The van der Waals surface area contributed by atoms with Crippen molar-refractivity contribution in [1.29, 1.82) is 0 Å². The van der Waals surface area contributed by atoms with Gasteiger partial charge in [0.1, 0.15) is 0 Å². The lowest BCUT2D eigenvalue weighted by molar-refractivity contribution is -0.128. The van der Waals surface area contributed by atoms with Crippen LogP contribution in [0.15, 0.2) is 0 Å². The predicted molar refractivity (Wildman–Crippen MR) is 77.0 cm³/mol. The van der Waals surface area contributed by atoms with Crippen LogP contribution in [0.1, 0.15) is 32.6 Å². The minimum Gasteiger partial charge on any atom is -0.383 e. The van der Waals surface area contributed by atoms with E-state index in [0.717, 1.165) is 19.3 Å². The van der Waals surface area contributed by atoms with E-state index < -0.39 is 0 Å². The molecule has 0 bridgehead atoms. The van der Waals surface area contributed by atoms with Gasteiger partial charge in [0.05, 0.1) is 6.61 Å². The lowest BCUT2D eigenvalue weighted by Gasteiger charge is -2.32. The number of amides is 2. The summed E-state index contributed by atoms with van der Waals surface area (Å²) in [7, 11) is 1.59. The Morgan fingerprint density at radius 2 is 2.00 bits per heavy atom. The smallest absolute Gasteiger partial charge is 0.223 e. The Balaban J connectivity index is 2.21. The molecular formula is C14H27N3O3. The highest BCUT2D eigenvalue weighted by Gasteiger charge is 2.32. The van der Waals surface area contributed by atoms with Gasteiger partial charge in [0.15, 0.2) is 0 Å². The third-order valence-corrected chi connectivity index (χ3v) is 3.98. The van der Waals surface area contributed by atoms with Crippen LogP contribution >= 0.6 is 0 Å². The van der Waals surface area contributed by atoms with Crippen LogP contribution in [-0.4, -0.2) is 44.7 Å². The zero-order valence-corrected chi connectivity index (χ0v) is 12.5. The molecule has 0 spiro atoms. The van der Waals surface area contributed by atoms with Gasteiger partial charge in [-0.1, -0.05) is 13.3 Å². The van der Waals surface area contributed by atoms with Gasteiger partial charge in [-0.05, 0) is 18.8 Å². The van der Waals surface area contributed by atoms with Crippen LogP contribution < -0.4 is 16.4 Å². The number of ether oxygens (including phenoxy) is 1. The van der Waals surface area contributed by atoms with E-state index in [1.165, 1.54) is 0 Å². The minimum absolute atomic E-state index is 0.0182. The Morgan fingerprint density at radius 3 is 2.70 bits per heavy atom.